The lowest BCUT2D eigenvalue weighted by molar-refractivity contribution is -0.142. The fraction of sp³-hybridized carbons (Fsp3) is 0.840. The Bertz CT molecular complexity index is 683. The molecular weight excluding hydrogens is 456 g/mol. The third-order valence-electron chi connectivity index (χ3n) is 6.53. The van der Waals surface area contributed by atoms with Crippen LogP contribution >= 0.6 is 0 Å². The standard InChI is InChI=1S/C13H23NO4.C12H21NO4/c1-13(2,3)9-4-6-10(7-5-9)18-12(17)14-8-11(15)16;1-3-16-11(14)8-13-12(15)17-10-7-5-4-6-9(10)2/h9-10H,4-8H2,1-3H3,(H,14,17)(H,15,16);9-10H,3-8H2,1-2H3,(H,13,15). The molecule has 35 heavy (non-hydrogen) atoms. The van der Waals surface area contributed by atoms with Gasteiger partial charge in [-0.25, -0.2) is 9.59 Å². The van der Waals surface area contributed by atoms with Gasteiger partial charge in [0.1, 0.15) is 25.3 Å². The number of hydrogen-bond acceptors (Lipinski definition) is 7. The molecule has 0 aliphatic heterocycles. The second kappa shape index (κ2) is 15.5. The first-order valence-electron chi connectivity index (χ1n) is 12.7. The van der Waals surface area contributed by atoms with Crippen molar-refractivity contribution in [1.29, 1.82) is 0 Å². The molecule has 2 amide bonds. The van der Waals surface area contributed by atoms with Crippen LogP contribution in [0.5, 0.6) is 0 Å². The molecule has 10 heteroatoms. The summed E-state index contributed by atoms with van der Waals surface area (Å²) in [4.78, 5) is 44.0. The van der Waals surface area contributed by atoms with Gasteiger partial charge in [0.15, 0.2) is 0 Å². The summed E-state index contributed by atoms with van der Waals surface area (Å²) in [5, 5.41) is 13.0. The van der Waals surface area contributed by atoms with Crippen LogP contribution < -0.4 is 10.6 Å². The molecule has 2 rings (SSSR count). The Morgan fingerprint density at radius 2 is 1.43 bits per heavy atom. The van der Waals surface area contributed by atoms with Crippen LogP contribution in [0.2, 0.25) is 0 Å². The molecule has 2 saturated carbocycles. The molecule has 202 valence electrons. The molecule has 2 atom stereocenters. The Balaban J connectivity index is 0.000000351. The first-order chi connectivity index (χ1) is 16.4. The minimum atomic E-state index is -1.07. The number of alkyl carbamates (subject to hydrolysis) is 2. The Kier molecular flexibility index (Phi) is 13.5. The van der Waals surface area contributed by atoms with Gasteiger partial charge in [-0.1, -0.05) is 34.1 Å². The van der Waals surface area contributed by atoms with E-state index < -0.39 is 30.7 Å². The van der Waals surface area contributed by atoms with Gasteiger partial charge in [0.05, 0.1) is 6.61 Å². The maximum absolute atomic E-state index is 11.4. The zero-order valence-corrected chi connectivity index (χ0v) is 21.9. The average Bonchev–Trinajstić information content (AvgIpc) is 2.78. The molecule has 2 aliphatic rings. The van der Waals surface area contributed by atoms with Gasteiger partial charge in [-0.15, -0.1) is 0 Å². The SMILES string of the molecule is CC(C)(C)C1CCC(OC(=O)NCC(=O)O)CC1.CCOC(=O)CNC(=O)OC1CCCCC1C. The smallest absolute Gasteiger partial charge is 0.407 e. The quantitative estimate of drug-likeness (QED) is 0.348. The van der Waals surface area contributed by atoms with Crippen LogP contribution in [-0.2, 0) is 23.8 Å². The number of carboxylic acids is 1. The lowest BCUT2D eigenvalue weighted by atomic mass is 9.72. The largest absolute Gasteiger partial charge is 0.480 e. The summed E-state index contributed by atoms with van der Waals surface area (Å²) < 4.78 is 15.2. The lowest BCUT2D eigenvalue weighted by Gasteiger charge is -2.36. The molecule has 2 fully saturated rings. The maximum atomic E-state index is 11.4. The van der Waals surface area contributed by atoms with Gasteiger partial charge in [0.2, 0.25) is 0 Å². The van der Waals surface area contributed by atoms with E-state index in [0.717, 1.165) is 44.9 Å². The van der Waals surface area contributed by atoms with Crippen molar-refractivity contribution in [3.8, 4) is 0 Å². The molecule has 0 aromatic rings. The number of nitrogens with one attached hydrogen (secondary N) is 2. The highest BCUT2D eigenvalue weighted by atomic mass is 16.6. The fourth-order valence-corrected chi connectivity index (χ4v) is 4.38. The van der Waals surface area contributed by atoms with Crippen LogP contribution in [0, 0.1) is 17.3 Å². The van der Waals surface area contributed by atoms with Crippen molar-refractivity contribution in [3.63, 3.8) is 0 Å². The monoisotopic (exact) mass is 500 g/mol. The zero-order valence-electron chi connectivity index (χ0n) is 21.9. The van der Waals surface area contributed by atoms with Gasteiger partial charge in [-0.05, 0) is 69.1 Å². The Morgan fingerprint density at radius 3 is 1.97 bits per heavy atom. The van der Waals surface area contributed by atoms with Gasteiger partial charge in [-0.3, -0.25) is 9.59 Å². The van der Waals surface area contributed by atoms with E-state index in [0.29, 0.717) is 23.9 Å². The second-order valence-electron chi connectivity index (χ2n) is 10.4. The average molecular weight is 501 g/mol. The minimum absolute atomic E-state index is 0.0223. The summed E-state index contributed by atoms with van der Waals surface area (Å²) in [6, 6.07) is 0. The summed E-state index contributed by atoms with van der Waals surface area (Å²) in [7, 11) is 0. The molecule has 0 aromatic heterocycles. The van der Waals surface area contributed by atoms with Gasteiger partial charge < -0.3 is 30.0 Å². The topological polar surface area (TPSA) is 140 Å². The molecule has 2 aliphatic carbocycles. The number of aliphatic carboxylic acids is 1. The van der Waals surface area contributed by atoms with Crippen molar-refractivity contribution in [2.24, 2.45) is 17.3 Å². The predicted molar refractivity (Wildman–Crippen MR) is 130 cm³/mol. The van der Waals surface area contributed by atoms with Gasteiger partial charge >= 0.3 is 24.1 Å². The number of carbonyl (C=O) groups excluding carboxylic acids is 3. The number of hydrogen-bond donors (Lipinski definition) is 3. The predicted octanol–water partition coefficient (Wildman–Crippen LogP) is 4.26. The Hall–Kier alpha value is -2.52. The Morgan fingerprint density at radius 1 is 0.857 bits per heavy atom. The summed E-state index contributed by atoms with van der Waals surface area (Å²) in [5.41, 5.74) is 0.302. The molecule has 0 heterocycles. The van der Waals surface area contributed by atoms with Crippen LogP contribution in [0.1, 0.15) is 86.0 Å². The summed E-state index contributed by atoms with van der Waals surface area (Å²) in [5.74, 6) is -0.443. The fourth-order valence-electron chi connectivity index (χ4n) is 4.38. The molecule has 0 saturated heterocycles. The first kappa shape index (κ1) is 30.5. The van der Waals surface area contributed by atoms with Crippen molar-refractivity contribution in [2.45, 2.75) is 98.2 Å². The number of esters is 1. The highest BCUT2D eigenvalue weighted by molar-refractivity contribution is 5.78. The lowest BCUT2D eigenvalue weighted by Crippen LogP contribution is -2.36. The third-order valence-corrected chi connectivity index (χ3v) is 6.53. The Labute approximate surface area is 208 Å². The minimum Gasteiger partial charge on any atom is -0.480 e. The van der Waals surface area contributed by atoms with E-state index in [4.69, 9.17) is 19.3 Å². The van der Waals surface area contributed by atoms with Crippen molar-refractivity contribution in [2.75, 3.05) is 19.7 Å². The second-order valence-corrected chi connectivity index (χ2v) is 10.4. The first-order valence-corrected chi connectivity index (χ1v) is 12.7. The normalized spacial score (nSPS) is 24.1. The van der Waals surface area contributed by atoms with Crippen LogP contribution in [0.15, 0.2) is 0 Å². The van der Waals surface area contributed by atoms with E-state index in [9.17, 15) is 19.2 Å². The maximum Gasteiger partial charge on any atom is 0.407 e. The van der Waals surface area contributed by atoms with Gasteiger partial charge in [0.25, 0.3) is 0 Å². The molecule has 0 radical (unpaired) electrons. The molecule has 10 nitrogen and oxygen atoms in total. The van der Waals surface area contributed by atoms with Crippen molar-refractivity contribution < 1.29 is 38.5 Å². The zero-order chi connectivity index (χ0) is 26.4. The number of ether oxygens (including phenoxy) is 3. The van der Waals surface area contributed by atoms with E-state index >= 15 is 0 Å². The number of carbonyl (C=O) groups is 4. The van der Waals surface area contributed by atoms with E-state index in [-0.39, 0.29) is 18.8 Å². The number of carboxylic acid groups (broad SMARTS) is 1. The summed E-state index contributed by atoms with van der Waals surface area (Å²) in [6.45, 7) is 10.3. The molecule has 0 spiro atoms. The summed E-state index contributed by atoms with van der Waals surface area (Å²) >= 11 is 0. The van der Waals surface area contributed by atoms with Crippen LogP contribution in [-0.4, -0.2) is 61.1 Å². The van der Waals surface area contributed by atoms with Crippen molar-refractivity contribution in [3.05, 3.63) is 0 Å². The molecule has 0 aromatic carbocycles. The highest BCUT2D eigenvalue weighted by Gasteiger charge is 2.31. The van der Waals surface area contributed by atoms with Crippen LogP contribution in [0.4, 0.5) is 9.59 Å². The molecule has 0 bridgehead atoms. The third kappa shape index (κ3) is 13.2. The van der Waals surface area contributed by atoms with Crippen molar-refractivity contribution in [1.82, 2.24) is 10.6 Å². The van der Waals surface area contributed by atoms with Crippen molar-refractivity contribution >= 4 is 24.1 Å². The number of rotatable bonds is 7. The van der Waals surface area contributed by atoms with E-state index in [2.05, 4.69) is 38.3 Å². The molecular formula is C25H44N2O8. The summed E-state index contributed by atoms with van der Waals surface area (Å²) in [6.07, 6.45) is 6.89. The molecule has 2 unspecified atom stereocenters. The number of amides is 2. The van der Waals surface area contributed by atoms with E-state index in [1.807, 2.05) is 0 Å². The van der Waals surface area contributed by atoms with Gasteiger partial charge in [-0.2, -0.15) is 0 Å². The molecule has 3 N–H and O–H groups in total. The highest BCUT2D eigenvalue weighted by Crippen LogP contribution is 2.38. The van der Waals surface area contributed by atoms with Crippen LogP contribution in [0.25, 0.3) is 0 Å². The van der Waals surface area contributed by atoms with E-state index in [1.54, 1.807) is 6.92 Å². The van der Waals surface area contributed by atoms with E-state index in [1.165, 1.54) is 6.42 Å². The van der Waals surface area contributed by atoms with Gasteiger partial charge in [0, 0.05) is 0 Å². The van der Waals surface area contributed by atoms with Crippen LogP contribution in [0.3, 0.4) is 0 Å².